The fourth-order valence-corrected chi connectivity index (χ4v) is 1.47. The van der Waals surface area contributed by atoms with E-state index in [1.807, 2.05) is 6.07 Å². The molecule has 0 unspecified atom stereocenters. The Bertz CT molecular complexity index is 257. The average molecular weight is 171 g/mol. The second-order valence-electron chi connectivity index (χ2n) is 2.06. The molecule has 1 aromatic heterocycles. The van der Waals surface area contributed by atoms with Crippen LogP contribution in [-0.4, -0.2) is 13.1 Å². The number of anilines is 1. The molecule has 1 heterocycles. The van der Waals surface area contributed by atoms with E-state index < -0.39 is 0 Å². The first-order valence-electron chi connectivity index (χ1n) is 3.13. The number of hydrogen-bond donors (Lipinski definition) is 1. The summed E-state index contributed by atoms with van der Waals surface area (Å²) < 4.78 is 4.49. The Balaban J connectivity index is 2.57. The van der Waals surface area contributed by atoms with Gasteiger partial charge < -0.3 is 10.5 Å². The summed E-state index contributed by atoms with van der Waals surface area (Å²) in [4.78, 5) is 11.7. The summed E-state index contributed by atoms with van der Waals surface area (Å²) in [5, 5.41) is 0.726. The van der Waals surface area contributed by atoms with E-state index in [1.165, 1.54) is 18.4 Å². The lowest BCUT2D eigenvalue weighted by molar-refractivity contribution is -0.139. The first-order chi connectivity index (χ1) is 5.22. The molecule has 11 heavy (non-hydrogen) atoms. The van der Waals surface area contributed by atoms with E-state index in [2.05, 4.69) is 4.74 Å². The molecule has 60 valence electrons. The maximum atomic E-state index is 10.7. The molecule has 4 heteroatoms. The zero-order chi connectivity index (χ0) is 8.27. The third-order valence-electron chi connectivity index (χ3n) is 1.23. The Hall–Kier alpha value is -1.03. The van der Waals surface area contributed by atoms with Crippen LogP contribution >= 0.6 is 11.3 Å². The smallest absolute Gasteiger partial charge is 0.310 e. The zero-order valence-electron chi connectivity index (χ0n) is 6.16. The van der Waals surface area contributed by atoms with Gasteiger partial charge in [0.25, 0.3) is 0 Å². The van der Waals surface area contributed by atoms with Gasteiger partial charge in [-0.15, -0.1) is 11.3 Å². The lowest BCUT2D eigenvalue weighted by atomic mass is 10.3. The maximum Gasteiger partial charge on any atom is 0.310 e. The van der Waals surface area contributed by atoms with Crippen molar-refractivity contribution in [2.45, 2.75) is 6.42 Å². The van der Waals surface area contributed by atoms with Crippen molar-refractivity contribution in [1.29, 1.82) is 0 Å². The van der Waals surface area contributed by atoms with Gasteiger partial charge in [0.2, 0.25) is 0 Å². The molecule has 0 bridgehead atoms. The molecular formula is C7H9NO2S. The van der Waals surface area contributed by atoms with Gasteiger partial charge in [-0.1, -0.05) is 0 Å². The number of carbonyl (C=O) groups is 1. The highest BCUT2D eigenvalue weighted by molar-refractivity contribution is 7.15. The predicted octanol–water partition coefficient (Wildman–Crippen LogP) is 1.05. The molecule has 0 fully saturated rings. The summed E-state index contributed by atoms with van der Waals surface area (Å²) in [6, 6.07) is 3.61. The number of esters is 1. The monoisotopic (exact) mass is 171 g/mol. The number of carbonyl (C=O) groups excluding carboxylic acids is 1. The Labute approximate surface area is 68.8 Å². The van der Waals surface area contributed by atoms with Crippen molar-refractivity contribution in [3.05, 3.63) is 17.0 Å². The average Bonchev–Trinajstić information content (AvgIpc) is 2.35. The van der Waals surface area contributed by atoms with E-state index >= 15 is 0 Å². The van der Waals surface area contributed by atoms with Crippen molar-refractivity contribution in [1.82, 2.24) is 0 Å². The highest BCUT2D eigenvalue weighted by atomic mass is 32.1. The SMILES string of the molecule is COC(=O)Cc1ccc(N)s1. The highest BCUT2D eigenvalue weighted by Gasteiger charge is 2.03. The van der Waals surface area contributed by atoms with Crippen LogP contribution in [-0.2, 0) is 16.0 Å². The van der Waals surface area contributed by atoms with E-state index in [0.717, 1.165) is 9.88 Å². The van der Waals surface area contributed by atoms with Crippen LogP contribution < -0.4 is 5.73 Å². The third kappa shape index (κ3) is 2.23. The Kier molecular flexibility index (Phi) is 2.48. The van der Waals surface area contributed by atoms with Crippen molar-refractivity contribution in [3.63, 3.8) is 0 Å². The molecule has 0 saturated carbocycles. The van der Waals surface area contributed by atoms with Gasteiger partial charge in [-0.25, -0.2) is 0 Å². The van der Waals surface area contributed by atoms with E-state index in [0.29, 0.717) is 6.42 Å². The van der Waals surface area contributed by atoms with Gasteiger partial charge >= 0.3 is 5.97 Å². The highest BCUT2D eigenvalue weighted by Crippen LogP contribution is 2.18. The quantitative estimate of drug-likeness (QED) is 0.676. The van der Waals surface area contributed by atoms with Gasteiger partial charge in [0.05, 0.1) is 18.5 Å². The van der Waals surface area contributed by atoms with Gasteiger partial charge in [-0.3, -0.25) is 4.79 Å². The van der Waals surface area contributed by atoms with Crippen molar-refractivity contribution < 1.29 is 9.53 Å². The molecule has 1 rings (SSSR count). The first-order valence-corrected chi connectivity index (χ1v) is 3.95. The number of rotatable bonds is 2. The summed E-state index contributed by atoms with van der Waals surface area (Å²) in [6.45, 7) is 0. The summed E-state index contributed by atoms with van der Waals surface area (Å²) in [7, 11) is 1.37. The fraction of sp³-hybridized carbons (Fsp3) is 0.286. The molecule has 0 aromatic carbocycles. The number of hydrogen-bond acceptors (Lipinski definition) is 4. The number of thiophene rings is 1. The molecule has 0 aliphatic carbocycles. The van der Waals surface area contributed by atoms with Crippen LogP contribution in [0.3, 0.4) is 0 Å². The molecule has 1 aromatic rings. The molecule has 0 saturated heterocycles. The largest absolute Gasteiger partial charge is 0.469 e. The van der Waals surface area contributed by atoms with Crippen molar-refractivity contribution in [2.75, 3.05) is 12.8 Å². The molecule has 0 aliphatic heterocycles. The maximum absolute atomic E-state index is 10.7. The lowest BCUT2D eigenvalue weighted by Crippen LogP contribution is -2.02. The van der Waals surface area contributed by atoms with Crippen molar-refractivity contribution in [3.8, 4) is 0 Å². The Morgan fingerprint density at radius 3 is 2.91 bits per heavy atom. The fourth-order valence-electron chi connectivity index (χ4n) is 0.704. The number of nitrogens with two attached hydrogens (primary N) is 1. The molecule has 0 spiro atoms. The van der Waals surface area contributed by atoms with Crippen LogP contribution in [0.15, 0.2) is 12.1 Å². The Morgan fingerprint density at radius 2 is 2.45 bits per heavy atom. The molecule has 0 aliphatic rings. The normalized spacial score (nSPS) is 9.55. The summed E-state index contributed by atoms with van der Waals surface area (Å²) >= 11 is 1.41. The second kappa shape index (κ2) is 3.39. The minimum absolute atomic E-state index is 0.230. The number of ether oxygens (including phenoxy) is 1. The van der Waals surface area contributed by atoms with Crippen molar-refractivity contribution in [2.24, 2.45) is 0 Å². The molecule has 0 radical (unpaired) electrons. The second-order valence-corrected chi connectivity index (χ2v) is 3.26. The molecular weight excluding hydrogens is 162 g/mol. The Morgan fingerprint density at radius 1 is 1.73 bits per heavy atom. The molecule has 2 N–H and O–H groups in total. The predicted molar refractivity (Wildman–Crippen MR) is 44.5 cm³/mol. The summed E-state index contributed by atoms with van der Waals surface area (Å²) in [5.74, 6) is -0.230. The number of nitrogen functional groups attached to an aromatic ring is 1. The van der Waals surface area contributed by atoms with Crippen molar-refractivity contribution >= 4 is 22.3 Å². The minimum Gasteiger partial charge on any atom is -0.469 e. The standard InChI is InChI=1S/C7H9NO2S/c1-10-7(9)4-5-2-3-6(8)11-5/h2-3H,4,8H2,1H3. The van der Waals surface area contributed by atoms with Crippen LogP contribution in [0.1, 0.15) is 4.88 Å². The van der Waals surface area contributed by atoms with Crippen LogP contribution in [0.25, 0.3) is 0 Å². The van der Waals surface area contributed by atoms with Gasteiger partial charge in [-0.2, -0.15) is 0 Å². The molecule has 0 atom stereocenters. The molecule has 0 amide bonds. The van der Waals surface area contributed by atoms with E-state index in [4.69, 9.17) is 5.73 Å². The summed E-state index contributed by atoms with van der Waals surface area (Å²) in [6.07, 6.45) is 0.318. The first kappa shape index (κ1) is 8.07. The van der Waals surface area contributed by atoms with Crippen LogP contribution in [0, 0.1) is 0 Å². The van der Waals surface area contributed by atoms with E-state index in [1.54, 1.807) is 6.07 Å². The van der Waals surface area contributed by atoms with Gasteiger partial charge in [0, 0.05) is 4.88 Å². The number of methoxy groups -OCH3 is 1. The van der Waals surface area contributed by atoms with Gasteiger partial charge in [-0.05, 0) is 12.1 Å². The van der Waals surface area contributed by atoms with Gasteiger partial charge in [0.1, 0.15) is 0 Å². The van der Waals surface area contributed by atoms with E-state index in [-0.39, 0.29) is 5.97 Å². The van der Waals surface area contributed by atoms with Crippen LogP contribution in [0.4, 0.5) is 5.00 Å². The summed E-state index contributed by atoms with van der Waals surface area (Å²) in [5.41, 5.74) is 5.46. The van der Waals surface area contributed by atoms with Crippen LogP contribution in [0.2, 0.25) is 0 Å². The van der Waals surface area contributed by atoms with E-state index in [9.17, 15) is 4.79 Å². The topological polar surface area (TPSA) is 52.3 Å². The lowest BCUT2D eigenvalue weighted by Gasteiger charge is -1.93. The van der Waals surface area contributed by atoms with Gasteiger partial charge in [0.15, 0.2) is 0 Å². The molecule has 3 nitrogen and oxygen atoms in total. The third-order valence-corrected chi connectivity index (χ3v) is 2.14. The zero-order valence-corrected chi connectivity index (χ0v) is 6.98. The minimum atomic E-state index is -0.230. The van der Waals surface area contributed by atoms with Crippen LogP contribution in [0.5, 0.6) is 0 Å².